The Labute approximate surface area is 137 Å². The Bertz CT molecular complexity index is 719. The number of alkyl halides is 1. The first-order valence-electron chi connectivity index (χ1n) is 6.78. The molecule has 0 aliphatic carbocycles. The number of ether oxygens (including phenoxy) is 1. The van der Waals surface area contributed by atoms with Gasteiger partial charge in [0.05, 0.1) is 34.7 Å². The summed E-state index contributed by atoms with van der Waals surface area (Å²) in [6.45, 7) is 2.17. The molecule has 0 saturated heterocycles. The largest absolute Gasteiger partial charge is 0.494 e. The van der Waals surface area contributed by atoms with Gasteiger partial charge >= 0.3 is 0 Å². The van der Waals surface area contributed by atoms with Crippen LogP contribution in [-0.4, -0.2) is 22.4 Å². The number of halogens is 1. The number of anilines is 1. The van der Waals surface area contributed by atoms with Crippen LogP contribution < -0.4 is 10.1 Å². The van der Waals surface area contributed by atoms with Crippen LogP contribution in [0.5, 0.6) is 5.75 Å². The van der Waals surface area contributed by atoms with Crippen LogP contribution in [0.1, 0.15) is 23.0 Å². The molecule has 7 nitrogen and oxygen atoms in total. The van der Waals surface area contributed by atoms with Gasteiger partial charge in [0, 0.05) is 6.20 Å². The van der Waals surface area contributed by atoms with E-state index in [1.165, 1.54) is 18.3 Å². The number of aromatic nitrogens is 1. The summed E-state index contributed by atoms with van der Waals surface area (Å²) in [5, 5.41) is 13.7. The molecule has 23 heavy (non-hydrogen) atoms. The second-order valence-electron chi connectivity index (χ2n) is 4.50. The maximum Gasteiger partial charge on any atom is 0.296 e. The van der Waals surface area contributed by atoms with E-state index in [0.29, 0.717) is 18.1 Å². The predicted octanol–water partition coefficient (Wildman–Crippen LogP) is 3.38. The number of carbonyl (C=O) groups excluding carboxylic acids is 1. The number of pyridine rings is 1. The van der Waals surface area contributed by atoms with Crippen LogP contribution in [0.2, 0.25) is 0 Å². The number of hydrogen-bond donors (Lipinski definition) is 1. The highest BCUT2D eigenvalue weighted by molar-refractivity contribution is 6.16. The second-order valence-corrected chi connectivity index (χ2v) is 4.76. The minimum absolute atomic E-state index is 0.0878. The summed E-state index contributed by atoms with van der Waals surface area (Å²) in [7, 11) is 0. The van der Waals surface area contributed by atoms with Crippen molar-refractivity contribution in [3.8, 4) is 5.75 Å². The van der Waals surface area contributed by atoms with Crippen molar-refractivity contribution in [1.82, 2.24) is 4.98 Å². The summed E-state index contributed by atoms with van der Waals surface area (Å²) >= 11 is 5.63. The van der Waals surface area contributed by atoms with Gasteiger partial charge in [-0.1, -0.05) is 0 Å². The average Bonchev–Trinajstić information content (AvgIpc) is 2.56. The topological polar surface area (TPSA) is 94.4 Å². The molecule has 0 atom stereocenters. The van der Waals surface area contributed by atoms with Crippen molar-refractivity contribution in [2.75, 3.05) is 11.9 Å². The van der Waals surface area contributed by atoms with Crippen LogP contribution in [0.4, 0.5) is 11.4 Å². The molecule has 1 heterocycles. The molecule has 0 spiro atoms. The smallest absolute Gasteiger partial charge is 0.296 e. The Hall–Kier alpha value is -2.67. The van der Waals surface area contributed by atoms with Crippen molar-refractivity contribution in [1.29, 1.82) is 0 Å². The predicted molar refractivity (Wildman–Crippen MR) is 86.0 cm³/mol. The van der Waals surface area contributed by atoms with E-state index in [1.54, 1.807) is 25.1 Å². The fourth-order valence-corrected chi connectivity index (χ4v) is 2.02. The number of nitrogens with zero attached hydrogens (tertiary/aromatic N) is 2. The van der Waals surface area contributed by atoms with Crippen molar-refractivity contribution in [2.45, 2.75) is 12.8 Å². The van der Waals surface area contributed by atoms with Gasteiger partial charge in [0.2, 0.25) is 0 Å². The van der Waals surface area contributed by atoms with E-state index >= 15 is 0 Å². The van der Waals surface area contributed by atoms with E-state index in [0.717, 1.165) is 0 Å². The van der Waals surface area contributed by atoms with E-state index in [-0.39, 0.29) is 22.8 Å². The molecule has 0 unspecified atom stereocenters. The quantitative estimate of drug-likeness (QED) is 0.496. The number of rotatable bonds is 6. The summed E-state index contributed by atoms with van der Waals surface area (Å²) in [4.78, 5) is 26.7. The minimum Gasteiger partial charge on any atom is -0.494 e. The molecule has 0 fully saturated rings. The number of nitro groups is 1. The Balaban J connectivity index is 2.23. The monoisotopic (exact) mass is 335 g/mol. The maximum atomic E-state index is 12.2. The third kappa shape index (κ3) is 4.17. The molecule has 0 saturated carbocycles. The third-order valence-corrected chi connectivity index (χ3v) is 3.22. The normalized spacial score (nSPS) is 10.2. The van der Waals surface area contributed by atoms with Gasteiger partial charge in [0.1, 0.15) is 11.4 Å². The van der Waals surface area contributed by atoms with Gasteiger partial charge in [-0.2, -0.15) is 0 Å². The molecule has 1 aromatic carbocycles. The maximum absolute atomic E-state index is 12.2. The Kier molecular flexibility index (Phi) is 5.48. The molecule has 2 aromatic rings. The van der Waals surface area contributed by atoms with Crippen molar-refractivity contribution in [3.05, 3.63) is 57.9 Å². The van der Waals surface area contributed by atoms with E-state index in [1.807, 2.05) is 0 Å². The standard InChI is InChI=1S/C15H14ClN3O4/c1-2-23-12-5-6-13(14(7-12)19(21)22)18-15(20)10-3-4-11(8-16)17-9-10/h3-7,9H,2,8H2,1H3,(H,18,20). The van der Waals surface area contributed by atoms with Crippen molar-refractivity contribution in [3.63, 3.8) is 0 Å². The zero-order valence-corrected chi connectivity index (χ0v) is 13.0. The molecule has 0 bridgehead atoms. The molecule has 0 aliphatic heterocycles. The number of amides is 1. The first-order valence-corrected chi connectivity index (χ1v) is 7.32. The van der Waals surface area contributed by atoms with Gasteiger partial charge in [-0.05, 0) is 31.2 Å². The Morgan fingerprint density at radius 3 is 2.74 bits per heavy atom. The van der Waals surface area contributed by atoms with Crippen molar-refractivity contribution in [2.24, 2.45) is 0 Å². The molecule has 0 radical (unpaired) electrons. The van der Waals surface area contributed by atoms with Gasteiger partial charge in [-0.3, -0.25) is 19.9 Å². The number of carbonyl (C=O) groups is 1. The zero-order valence-electron chi connectivity index (χ0n) is 12.3. The van der Waals surface area contributed by atoms with Crippen LogP contribution in [0.3, 0.4) is 0 Å². The minimum atomic E-state index is -0.576. The van der Waals surface area contributed by atoms with Gasteiger partial charge in [-0.15, -0.1) is 11.6 Å². The highest BCUT2D eigenvalue weighted by Crippen LogP contribution is 2.29. The zero-order chi connectivity index (χ0) is 16.8. The van der Waals surface area contributed by atoms with Gasteiger partial charge in [0.15, 0.2) is 0 Å². The molecule has 1 amide bonds. The van der Waals surface area contributed by atoms with Crippen LogP contribution >= 0.6 is 11.6 Å². The summed E-state index contributed by atoms with van der Waals surface area (Å²) in [5.74, 6) is 0.114. The van der Waals surface area contributed by atoms with E-state index < -0.39 is 10.8 Å². The molecular weight excluding hydrogens is 322 g/mol. The lowest BCUT2D eigenvalue weighted by atomic mass is 10.2. The van der Waals surface area contributed by atoms with Crippen LogP contribution in [-0.2, 0) is 5.88 Å². The molecule has 1 N–H and O–H groups in total. The summed E-state index contributed by atoms with van der Waals surface area (Å²) in [6.07, 6.45) is 1.37. The summed E-state index contributed by atoms with van der Waals surface area (Å²) < 4.78 is 5.23. The molecular formula is C15H14ClN3O4. The Morgan fingerprint density at radius 1 is 1.39 bits per heavy atom. The van der Waals surface area contributed by atoms with E-state index in [9.17, 15) is 14.9 Å². The summed E-state index contributed by atoms with van der Waals surface area (Å²) in [5.41, 5.74) is 0.761. The summed E-state index contributed by atoms with van der Waals surface area (Å²) in [6, 6.07) is 7.44. The lowest BCUT2D eigenvalue weighted by Gasteiger charge is -2.08. The molecule has 0 aliphatic rings. The van der Waals surface area contributed by atoms with Gasteiger partial charge in [-0.25, -0.2) is 0 Å². The fourth-order valence-electron chi connectivity index (χ4n) is 1.86. The van der Waals surface area contributed by atoms with Crippen molar-refractivity contribution >= 4 is 28.9 Å². The highest BCUT2D eigenvalue weighted by Gasteiger charge is 2.18. The van der Waals surface area contributed by atoms with Gasteiger partial charge < -0.3 is 10.1 Å². The Morgan fingerprint density at radius 2 is 2.17 bits per heavy atom. The number of benzene rings is 1. The van der Waals surface area contributed by atoms with Crippen LogP contribution in [0.15, 0.2) is 36.5 Å². The second kappa shape index (κ2) is 7.55. The van der Waals surface area contributed by atoms with E-state index in [4.69, 9.17) is 16.3 Å². The number of nitrogens with one attached hydrogen (secondary N) is 1. The first-order chi connectivity index (χ1) is 11.0. The van der Waals surface area contributed by atoms with Crippen LogP contribution in [0.25, 0.3) is 0 Å². The lowest BCUT2D eigenvalue weighted by Crippen LogP contribution is -2.13. The SMILES string of the molecule is CCOc1ccc(NC(=O)c2ccc(CCl)nc2)c([N+](=O)[O-])c1. The number of nitro benzene ring substituents is 1. The highest BCUT2D eigenvalue weighted by atomic mass is 35.5. The molecule has 1 aromatic heterocycles. The molecule has 8 heteroatoms. The molecule has 2 rings (SSSR count). The number of hydrogen-bond acceptors (Lipinski definition) is 5. The van der Waals surface area contributed by atoms with Crippen LogP contribution in [0, 0.1) is 10.1 Å². The first kappa shape index (κ1) is 16.7. The van der Waals surface area contributed by atoms with Gasteiger partial charge in [0.25, 0.3) is 11.6 Å². The lowest BCUT2D eigenvalue weighted by molar-refractivity contribution is -0.384. The fraction of sp³-hybridized carbons (Fsp3) is 0.200. The average molecular weight is 336 g/mol. The van der Waals surface area contributed by atoms with Crippen molar-refractivity contribution < 1.29 is 14.5 Å². The molecule has 120 valence electrons. The van der Waals surface area contributed by atoms with E-state index in [2.05, 4.69) is 10.3 Å². The third-order valence-electron chi connectivity index (χ3n) is 2.95.